The van der Waals surface area contributed by atoms with Gasteiger partial charge >= 0.3 is 0 Å². The molecule has 1 fully saturated rings. The van der Waals surface area contributed by atoms with E-state index in [0.717, 1.165) is 30.0 Å². The van der Waals surface area contributed by atoms with E-state index in [1.807, 2.05) is 45.0 Å². The van der Waals surface area contributed by atoms with Crippen LogP contribution in [0.1, 0.15) is 59.8 Å². The Morgan fingerprint density at radius 2 is 2.05 bits per heavy atom. The topological polar surface area (TPSA) is 46.3 Å². The van der Waals surface area contributed by atoms with Crippen molar-refractivity contribution >= 4 is 11.6 Å². The number of amides is 1. The standard InChI is InChI=1S/C18H22N2O2/c1-4-20(15-11-6-5-8-12(15)2)18(21)16-13(3)22-17(19-16)14-9-7-10-14/h5-6,8,11,14H,4,7,9-10H2,1-3H3. The van der Waals surface area contributed by atoms with Gasteiger partial charge in [0.1, 0.15) is 5.76 Å². The molecule has 4 heteroatoms. The Bertz CT molecular complexity index is 686. The van der Waals surface area contributed by atoms with E-state index in [4.69, 9.17) is 4.42 Å². The summed E-state index contributed by atoms with van der Waals surface area (Å²) in [4.78, 5) is 19.2. The molecule has 0 bridgehead atoms. The minimum absolute atomic E-state index is 0.0800. The number of aromatic nitrogens is 1. The van der Waals surface area contributed by atoms with Crippen molar-refractivity contribution in [2.24, 2.45) is 0 Å². The largest absolute Gasteiger partial charge is 0.445 e. The molecular formula is C18H22N2O2. The van der Waals surface area contributed by atoms with Crippen LogP contribution in [-0.4, -0.2) is 17.4 Å². The third-order valence-electron chi connectivity index (χ3n) is 4.44. The van der Waals surface area contributed by atoms with Gasteiger partial charge in [0.05, 0.1) is 0 Å². The Morgan fingerprint density at radius 1 is 1.32 bits per heavy atom. The average molecular weight is 298 g/mol. The second kappa shape index (κ2) is 5.95. The van der Waals surface area contributed by atoms with E-state index in [9.17, 15) is 4.79 Å². The number of para-hydroxylation sites is 1. The zero-order valence-electron chi connectivity index (χ0n) is 13.4. The van der Waals surface area contributed by atoms with E-state index in [0.29, 0.717) is 23.9 Å². The van der Waals surface area contributed by atoms with Crippen LogP contribution >= 0.6 is 0 Å². The molecule has 0 atom stereocenters. The van der Waals surface area contributed by atoms with Crippen LogP contribution in [0.2, 0.25) is 0 Å². The first-order chi connectivity index (χ1) is 10.6. The lowest BCUT2D eigenvalue weighted by Gasteiger charge is -2.22. The molecule has 1 amide bonds. The Kier molecular flexibility index (Phi) is 4.01. The van der Waals surface area contributed by atoms with Crippen LogP contribution in [0.5, 0.6) is 0 Å². The highest BCUT2D eigenvalue weighted by molar-refractivity contribution is 6.05. The molecule has 0 unspecified atom stereocenters. The molecule has 116 valence electrons. The summed E-state index contributed by atoms with van der Waals surface area (Å²) in [5, 5.41) is 0. The maximum atomic E-state index is 12.9. The summed E-state index contributed by atoms with van der Waals surface area (Å²) in [6.45, 7) is 6.43. The van der Waals surface area contributed by atoms with Gasteiger partial charge in [-0.1, -0.05) is 24.6 Å². The lowest BCUT2D eigenvalue weighted by molar-refractivity contribution is 0.0982. The van der Waals surface area contributed by atoms with Crippen LogP contribution in [0.25, 0.3) is 0 Å². The van der Waals surface area contributed by atoms with Crippen molar-refractivity contribution in [1.29, 1.82) is 0 Å². The predicted molar refractivity (Wildman–Crippen MR) is 86.4 cm³/mol. The monoisotopic (exact) mass is 298 g/mol. The zero-order valence-corrected chi connectivity index (χ0v) is 13.4. The molecule has 1 aliphatic rings. The number of rotatable bonds is 4. The van der Waals surface area contributed by atoms with Crippen LogP contribution < -0.4 is 4.90 Å². The van der Waals surface area contributed by atoms with Crippen LogP contribution in [-0.2, 0) is 0 Å². The van der Waals surface area contributed by atoms with Crippen LogP contribution in [0, 0.1) is 13.8 Å². The van der Waals surface area contributed by atoms with E-state index in [2.05, 4.69) is 4.98 Å². The molecule has 0 N–H and O–H groups in total. The number of benzene rings is 1. The van der Waals surface area contributed by atoms with E-state index >= 15 is 0 Å². The van der Waals surface area contributed by atoms with Crippen LogP contribution in [0.15, 0.2) is 28.7 Å². The Balaban J connectivity index is 1.91. The fraction of sp³-hybridized carbons (Fsp3) is 0.444. The van der Waals surface area contributed by atoms with Gasteiger partial charge in [-0.2, -0.15) is 0 Å². The average Bonchev–Trinajstić information content (AvgIpc) is 2.81. The van der Waals surface area contributed by atoms with E-state index in [-0.39, 0.29) is 5.91 Å². The fourth-order valence-electron chi connectivity index (χ4n) is 2.86. The van der Waals surface area contributed by atoms with Gasteiger partial charge in [-0.05, 0) is 45.2 Å². The molecule has 2 aromatic rings. The van der Waals surface area contributed by atoms with Gasteiger partial charge in [-0.3, -0.25) is 4.79 Å². The van der Waals surface area contributed by atoms with Crippen molar-refractivity contribution < 1.29 is 9.21 Å². The molecule has 1 heterocycles. The molecule has 1 aromatic carbocycles. The normalized spacial score (nSPS) is 14.7. The maximum Gasteiger partial charge on any atom is 0.280 e. The maximum absolute atomic E-state index is 12.9. The van der Waals surface area contributed by atoms with Gasteiger partial charge in [0.2, 0.25) is 0 Å². The summed E-state index contributed by atoms with van der Waals surface area (Å²) in [5.41, 5.74) is 2.47. The minimum atomic E-state index is -0.0800. The first kappa shape index (κ1) is 14.8. The summed E-state index contributed by atoms with van der Waals surface area (Å²) >= 11 is 0. The van der Waals surface area contributed by atoms with Crippen molar-refractivity contribution in [3.63, 3.8) is 0 Å². The summed E-state index contributed by atoms with van der Waals surface area (Å²) in [6.07, 6.45) is 3.45. The highest BCUT2D eigenvalue weighted by Gasteiger charge is 2.29. The minimum Gasteiger partial charge on any atom is -0.445 e. The molecule has 0 spiro atoms. The Morgan fingerprint density at radius 3 is 2.64 bits per heavy atom. The van der Waals surface area contributed by atoms with Gasteiger partial charge in [-0.15, -0.1) is 0 Å². The molecule has 0 radical (unpaired) electrons. The highest BCUT2D eigenvalue weighted by atomic mass is 16.4. The Hall–Kier alpha value is -2.10. The van der Waals surface area contributed by atoms with Gasteiger partial charge in [0, 0.05) is 18.2 Å². The molecule has 0 saturated heterocycles. The number of hydrogen-bond acceptors (Lipinski definition) is 3. The second-order valence-corrected chi connectivity index (χ2v) is 5.92. The van der Waals surface area contributed by atoms with Gasteiger partial charge in [0.15, 0.2) is 11.6 Å². The van der Waals surface area contributed by atoms with Gasteiger partial charge in [-0.25, -0.2) is 4.98 Å². The number of hydrogen-bond donors (Lipinski definition) is 0. The summed E-state index contributed by atoms with van der Waals surface area (Å²) in [7, 11) is 0. The van der Waals surface area contributed by atoms with Crippen molar-refractivity contribution in [3.8, 4) is 0 Å². The van der Waals surface area contributed by atoms with E-state index in [1.54, 1.807) is 4.90 Å². The number of nitrogens with zero attached hydrogens (tertiary/aromatic N) is 2. The number of aryl methyl sites for hydroxylation is 2. The summed E-state index contributed by atoms with van der Waals surface area (Å²) < 4.78 is 5.74. The third kappa shape index (κ3) is 2.54. The lowest BCUT2D eigenvalue weighted by Crippen LogP contribution is -2.32. The van der Waals surface area contributed by atoms with Crippen molar-refractivity contribution in [2.75, 3.05) is 11.4 Å². The molecule has 22 heavy (non-hydrogen) atoms. The second-order valence-electron chi connectivity index (χ2n) is 5.92. The van der Waals surface area contributed by atoms with E-state index < -0.39 is 0 Å². The predicted octanol–water partition coefficient (Wildman–Crippen LogP) is 4.23. The first-order valence-electron chi connectivity index (χ1n) is 7.96. The molecule has 4 nitrogen and oxygen atoms in total. The molecule has 1 aromatic heterocycles. The SMILES string of the molecule is CCN(C(=O)c1nc(C2CCC2)oc1C)c1ccccc1C. The van der Waals surface area contributed by atoms with E-state index in [1.165, 1.54) is 6.42 Å². The fourth-order valence-corrected chi connectivity index (χ4v) is 2.86. The number of oxazole rings is 1. The summed E-state index contributed by atoms with van der Waals surface area (Å²) in [5.74, 6) is 1.67. The van der Waals surface area contributed by atoms with Crippen molar-refractivity contribution in [1.82, 2.24) is 4.98 Å². The molecule has 1 aliphatic carbocycles. The summed E-state index contributed by atoms with van der Waals surface area (Å²) in [6, 6.07) is 7.92. The van der Waals surface area contributed by atoms with Crippen molar-refractivity contribution in [3.05, 3.63) is 47.2 Å². The highest BCUT2D eigenvalue weighted by Crippen LogP contribution is 2.36. The van der Waals surface area contributed by atoms with Crippen molar-refractivity contribution in [2.45, 2.75) is 46.0 Å². The smallest absolute Gasteiger partial charge is 0.280 e. The Labute approximate surface area is 131 Å². The van der Waals surface area contributed by atoms with Crippen LogP contribution in [0.3, 0.4) is 0 Å². The van der Waals surface area contributed by atoms with Gasteiger partial charge in [0.25, 0.3) is 5.91 Å². The number of anilines is 1. The number of carbonyl (C=O) groups excluding carboxylic acids is 1. The molecular weight excluding hydrogens is 276 g/mol. The molecule has 1 saturated carbocycles. The third-order valence-corrected chi connectivity index (χ3v) is 4.44. The molecule has 0 aliphatic heterocycles. The first-order valence-corrected chi connectivity index (χ1v) is 7.96. The quantitative estimate of drug-likeness (QED) is 0.848. The van der Waals surface area contributed by atoms with Crippen LogP contribution in [0.4, 0.5) is 5.69 Å². The molecule has 3 rings (SSSR count). The number of carbonyl (C=O) groups is 1. The van der Waals surface area contributed by atoms with Gasteiger partial charge < -0.3 is 9.32 Å². The zero-order chi connectivity index (χ0) is 15.7. The lowest BCUT2D eigenvalue weighted by atomic mass is 9.85.